The van der Waals surface area contributed by atoms with Gasteiger partial charge in [-0.2, -0.15) is 4.39 Å². The molecule has 0 bridgehead atoms. The van der Waals surface area contributed by atoms with Crippen molar-refractivity contribution in [3.63, 3.8) is 0 Å². The van der Waals surface area contributed by atoms with E-state index in [0.717, 1.165) is 18.2 Å². The first-order valence-electron chi connectivity index (χ1n) is 11.4. The number of carbonyl (C=O) groups is 4. The van der Waals surface area contributed by atoms with Crippen molar-refractivity contribution in [3.8, 4) is 16.2 Å². The van der Waals surface area contributed by atoms with E-state index in [1.807, 2.05) is 6.07 Å². The molecular weight excluding hydrogens is 529 g/mol. The average Bonchev–Trinajstić information content (AvgIpc) is 3.43. The Kier molecular flexibility index (Phi) is 8.03. The van der Waals surface area contributed by atoms with Gasteiger partial charge in [0.25, 0.3) is 11.8 Å². The van der Waals surface area contributed by atoms with Gasteiger partial charge in [0.15, 0.2) is 11.3 Å². The van der Waals surface area contributed by atoms with Gasteiger partial charge in [0.1, 0.15) is 0 Å². The van der Waals surface area contributed by atoms with Crippen molar-refractivity contribution in [2.24, 2.45) is 0 Å². The summed E-state index contributed by atoms with van der Waals surface area (Å²) in [5.41, 5.74) is -0.860. The summed E-state index contributed by atoms with van der Waals surface area (Å²) in [7, 11) is 0. The number of esters is 1. The lowest BCUT2D eigenvalue weighted by atomic mass is 10.1. The number of imide groups is 1. The summed E-state index contributed by atoms with van der Waals surface area (Å²) in [6.45, 7) is 1.10. The number of hydroxylamine groups is 2. The number of fused-ring (bicyclic) bond motifs is 1. The maximum absolute atomic E-state index is 14.7. The first kappa shape index (κ1) is 26.5. The molecule has 0 atom stereocenters. The van der Waals surface area contributed by atoms with Crippen molar-refractivity contribution in [2.45, 2.75) is 51.9 Å². The quantitative estimate of drug-likeness (QED) is 0.121. The zero-order valence-electron chi connectivity index (χ0n) is 19.6. The Balaban J connectivity index is 1.35. The largest absolute Gasteiger partial charge is 0.422 e. The Morgan fingerprint density at radius 1 is 1.11 bits per heavy atom. The van der Waals surface area contributed by atoms with E-state index in [4.69, 9.17) is 25.6 Å². The molecule has 9 nitrogen and oxygen atoms in total. The lowest BCUT2D eigenvalue weighted by Crippen LogP contribution is -2.31. The fraction of sp³-hybridized carbons (Fsp3) is 0.320. The highest BCUT2D eigenvalue weighted by molar-refractivity contribution is 7.15. The topological polar surface area (TPSA) is 120 Å². The number of nitrogens with zero attached hydrogens (tertiary/aromatic N) is 1. The van der Waals surface area contributed by atoms with Gasteiger partial charge >= 0.3 is 17.6 Å². The third kappa shape index (κ3) is 6.05. The maximum Gasteiger partial charge on any atom is 0.345 e. The van der Waals surface area contributed by atoms with Crippen LogP contribution in [0, 0.1) is 5.82 Å². The third-order valence-corrected chi connectivity index (χ3v) is 7.01. The zero-order valence-corrected chi connectivity index (χ0v) is 21.2. The number of aryl methyl sites for hydroxylation is 1. The Hall–Kier alpha value is -3.57. The molecule has 1 fully saturated rings. The summed E-state index contributed by atoms with van der Waals surface area (Å²) in [5.74, 6) is -3.93. The van der Waals surface area contributed by atoms with Gasteiger partial charge in [-0.3, -0.25) is 14.4 Å². The number of thiophene rings is 1. The van der Waals surface area contributed by atoms with Gasteiger partial charge in [0.2, 0.25) is 5.82 Å². The molecule has 0 aliphatic carbocycles. The molecule has 1 saturated heterocycles. The molecule has 3 heterocycles. The van der Waals surface area contributed by atoms with E-state index in [9.17, 15) is 28.4 Å². The second kappa shape index (κ2) is 11.2. The van der Waals surface area contributed by atoms with Gasteiger partial charge in [-0.15, -0.1) is 16.4 Å². The smallest absolute Gasteiger partial charge is 0.345 e. The van der Waals surface area contributed by atoms with E-state index < -0.39 is 40.9 Å². The minimum Gasteiger partial charge on any atom is -0.422 e. The summed E-state index contributed by atoms with van der Waals surface area (Å²) >= 11 is 7.44. The Morgan fingerprint density at radius 2 is 1.84 bits per heavy atom. The van der Waals surface area contributed by atoms with Crippen LogP contribution in [0.5, 0.6) is 5.75 Å². The SMILES string of the molecule is CC(=O)Oc1c(Cl)cc2cc(-c3ccc(CCCCCC(=O)ON4C(=O)CCC4=O)s3)c(=O)oc2c1F. The van der Waals surface area contributed by atoms with Crippen molar-refractivity contribution in [2.75, 3.05) is 0 Å². The number of hydrogen-bond donors (Lipinski definition) is 0. The van der Waals surface area contributed by atoms with E-state index in [1.54, 1.807) is 6.07 Å². The molecule has 0 N–H and O–H groups in total. The molecule has 1 aromatic carbocycles. The molecule has 1 aliphatic heterocycles. The third-order valence-electron chi connectivity index (χ3n) is 5.55. The summed E-state index contributed by atoms with van der Waals surface area (Å²) in [4.78, 5) is 65.1. The molecule has 0 saturated carbocycles. The van der Waals surface area contributed by atoms with Gasteiger partial charge < -0.3 is 14.0 Å². The van der Waals surface area contributed by atoms with Crippen LogP contribution in [0.25, 0.3) is 21.4 Å². The van der Waals surface area contributed by atoms with Gasteiger partial charge in [0, 0.05) is 41.3 Å². The number of amides is 2. The molecule has 4 rings (SSSR count). The van der Waals surface area contributed by atoms with Crippen molar-refractivity contribution < 1.29 is 37.6 Å². The van der Waals surface area contributed by atoms with Crippen LogP contribution in [0.3, 0.4) is 0 Å². The number of carbonyl (C=O) groups excluding carboxylic acids is 4. The van der Waals surface area contributed by atoms with E-state index in [1.165, 1.54) is 23.5 Å². The molecule has 0 unspecified atom stereocenters. The number of unbranched alkanes of at least 4 members (excludes halogenated alkanes) is 2. The molecule has 12 heteroatoms. The van der Waals surface area contributed by atoms with Crippen molar-refractivity contribution in [3.05, 3.63) is 50.4 Å². The number of rotatable bonds is 9. The van der Waals surface area contributed by atoms with Crippen molar-refractivity contribution in [1.82, 2.24) is 5.06 Å². The molecule has 0 radical (unpaired) electrons. The minimum atomic E-state index is -1.03. The summed E-state index contributed by atoms with van der Waals surface area (Å²) < 4.78 is 24.7. The van der Waals surface area contributed by atoms with Crippen LogP contribution in [0.15, 0.2) is 33.5 Å². The Bertz CT molecular complexity index is 1450. The fourth-order valence-electron chi connectivity index (χ4n) is 3.79. The number of ether oxygens (including phenoxy) is 1. The van der Waals surface area contributed by atoms with Gasteiger partial charge in [-0.05, 0) is 43.5 Å². The van der Waals surface area contributed by atoms with Gasteiger partial charge in [-0.1, -0.05) is 18.0 Å². The average molecular weight is 550 g/mol. The molecule has 37 heavy (non-hydrogen) atoms. The molecule has 3 aromatic rings. The van der Waals surface area contributed by atoms with Gasteiger partial charge in [0.05, 0.1) is 10.6 Å². The van der Waals surface area contributed by atoms with E-state index in [-0.39, 0.29) is 40.8 Å². The Morgan fingerprint density at radius 3 is 2.54 bits per heavy atom. The first-order valence-corrected chi connectivity index (χ1v) is 12.6. The molecule has 194 valence electrons. The molecule has 2 amide bonds. The van der Waals surface area contributed by atoms with Crippen LogP contribution >= 0.6 is 22.9 Å². The van der Waals surface area contributed by atoms with E-state index in [2.05, 4.69) is 0 Å². The summed E-state index contributed by atoms with van der Waals surface area (Å²) in [5, 5.41) is 0.654. The highest BCUT2D eigenvalue weighted by Gasteiger charge is 2.32. The van der Waals surface area contributed by atoms with Crippen LogP contribution in [0.4, 0.5) is 4.39 Å². The van der Waals surface area contributed by atoms with Crippen LogP contribution in [0.2, 0.25) is 5.02 Å². The van der Waals surface area contributed by atoms with Crippen molar-refractivity contribution >= 4 is 57.7 Å². The van der Waals surface area contributed by atoms with Crippen molar-refractivity contribution in [1.29, 1.82) is 0 Å². The van der Waals surface area contributed by atoms with Crippen LogP contribution in [-0.2, 0) is 30.4 Å². The maximum atomic E-state index is 14.7. The lowest BCUT2D eigenvalue weighted by Gasteiger charge is -2.12. The number of halogens is 2. The predicted molar refractivity (Wildman–Crippen MR) is 131 cm³/mol. The highest BCUT2D eigenvalue weighted by atomic mass is 35.5. The van der Waals surface area contributed by atoms with Crippen LogP contribution in [-0.4, -0.2) is 28.8 Å². The van der Waals surface area contributed by atoms with Gasteiger partial charge in [-0.25, -0.2) is 9.59 Å². The fourth-order valence-corrected chi connectivity index (χ4v) is 5.08. The standard InChI is InChI=1S/C25H21ClFNO8S/c1-13(29)34-24-17(26)12-14-11-16(25(33)35-23(14)22(24)27)18-8-7-15(37-18)5-3-2-4-6-21(32)36-28-19(30)9-10-20(28)31/h7-8,11-12H,2-6,9-10H2,1H3. The number of hydrogen-bond acceptors (Lipinski definition) is 9. The second-order valence-electron chi connectivity index (χ2n) is 8.33. The predicted octanol–water partition coefficient (Wildman–Crippen LogP) is 4.95. The van der Waals surface area contributed by atoms with Crippen LogP contribution < -0.4 is 10.4 Å². The summed E-state index contributed by atoms with van der Waals surface area (Å²) in [6, 6.07) is 6.48. The monoisotopic (exact) mass is 549 g/mol. The van der Waals surface area contributed by atoms with E-state index in [0.29, 0.717) is 29.2 Å². The molecular formula is C25H21ClFNO8S. The second-order valence-corrected chi connectivity index (χ2v) is 9.91. The van der Waals surface area contributed by atoms with Crippen LogP contribution in [0.1, 0.15) is 50.3 Å². The molecule has 0 spiro atoms. The minimum absolute atomic E-state index is 0.0533. The molecule has 2 aromatic heterocycles. The normalized spacial score (nSPS) is 13.4. The number of benzene rings is 1. The molecule has 1 aliphatic rings. The summed E-state index contributed by atoms with van der Waals surface area (Å²) in [6.07, 6.45) is 2.90. The zero-order chi connectivity index (χ0) is 26.7. The lowest BCUT2D eigenvalue weighted by molar-refractivity contribution is -0.197. The highest BCUT2D eigenvalue weighted by Crippen LogP contribution is 2.36. The first-order chi connectivity index (χ1) is 17.6. The Labute approximate surface area is 218 Å². The van der Waals surface area contributed by atoms with E-state index >= 15 is 0 Å².